The zero-order valence-electron chi connectivity index (χ0n) is 6.21. The molecule has 0 radical (unpaired) electrons. The van der Waals surface area contributed by atoms with Crippen LogP contribution in [0.1, 0.15) is 0 Å². The molecule has 3 nitrogen and oxygen atoms in total. The molecule has 10 heavy (non-hydrogen) atoms. The molecule has 0 bridgehead atoms. The average Bonchev–Trinajstić information content (AvgIpc) is 2.20. The average molecular weight is 140 g/mol. The molecule has 3 heteroatoms. The van der Waals surface area contributed by atoms with E-state index < -0.39 is 0 Å². The summed E-state index contributed by atoms with van der Waals surface area (Å²) >= 11 is 0. The highest BCUT2D eigenvalue weighted by Gasteiger charge is 2.23. The van der Waals surface area contributed by atoms with Crippen molar-refractivity contribution in [2.75, 3.05) is 26.7 Å². The fraction of sp³-hybridized carbons (Fsp3) is 0.571. The van der Waals surface area contributed by atoms with Gasteiger partial charge in [0.1, 0.15) is 0 Å². The molecular formula is C7H12N2O. The largest absolute Gasteiger partial charge is 0.326 e. The Hall–Kier alpha value is -0.990. The lowest BCUT2D eigenvalue weighted by molar-refractivity contribution is 0.202. The molecular weight excluding hydrogens is 128 g/mol. The summed E-state index contributed by atoms with van der Waals surface area (Å²) in [5, 5.41) is 0. The Bertz CT molecular complexity index is 156. The highest BCUT2D eigenvalue weighted by atomic mass is 16.2. The number of carbonyl (C=O) groups excluding carboxylic acids is 1. The van der Waals surface area contributed by atoms with Crippen LogP contribution in [0.5, 0.6) is 0 Å². The molecule has 56 valence electrons. The molecule has 1 heterocycles. The molecule has 0 N–H and O–H groups in total. The van der Waals surface area contributed by atoms with Gasteiger partial charge in [-0.25, -0.2) is 4.79 Å². The van der Waals surface area contributed by atoms with Crippen molar-refractivity contribution in [2.24, 2.45) is 0 Å². The molecule has 0 spiro atoms. The van der Waals surface area contributed by atoms with Gasteiger partial charge in [-0.1, -0.05) is 6.08 Å². The van der Waals surface area contributed by atoms with Crippen LogP contribution in [-0.4, -0.2) is 42.5 Å². The van der Waals surface area contributed by atoms with E-state index in [0.717, 1.165) is 13.1 Å². The first kappa shape index (κ1) is 7.12. The minimum absolute atomic E-state index is 0.111. The van der Waals surface area contributed by atoms with Crippen molar-refractivity contribution >= 4 is 6.03 Å². The third-order valence-corrected chi connectivity index (χ3v) is 1.65. The maximum atomic E-state index is 11.1. The predicted molar refractivity (Wildman–Crippen MR) is 39.8 cm³/mol. The smallest absolute Gasteiger partial charge is 0.320 e. The second-order valence-electron chi connectivity index (χ2n) is 2.44. The zero-order valence-corrected chi connectivity index (χ0v) is 6.21. The van der Waals surface area contributed by atoms with Crippen LogP contribution in [0.25, 0.3) is 0 Å². The second kappa shape index (κ2) is 2.73. The molecule has 1 aliphatic heterocycles. The minimum Gasteiger partial charge on any atom is -0.326 e. The summed E-state index contributed by atoms with van der Waals surface area (Å²) in [6.45, 7) is 5.92. The summed E-state index contributed by atoms with van der Waals surface area (Å²) in [5.41, 5.74) is 0. The van der Waals surface area contributed by atoms with E-state index >= 15 is 0 Å². The van der Waals surface area contributed by atoms with Gasteiger partial charge in [0, 0.05) is 26.7 Å². The van der Waals surface area contributed by atoms with Crippen molar-refractivity contribution in [3.8, 4) is 0 Å². The molecule has 1 fully saturated rings. The van der Waals surface area contributed by atoms with Crippen LogP contribution in [0.3, 0.4) is 0 Å². The van der Waals surface area contributed by atoms with E-state index in [1.165, 1.54) is 0 Å². The molecule has 0 aromatic rings. The van der Waals surface area contributed by atoms with Crippen LogP contribution in [-0.2, 0) is 0 Å². The van der Waals surface area contributed by atoms with Crippen LogP contribution in [0.2, 0.25) is 0 Å². The van der Waals surface area contributed by atoms with E-state index in [1.54, 1.807) is 15.9 Å². The van der Waals surface area contributed by atoms with Gasteiger partial charge >= 0.3 is 6.03 Å². The fourth-order valence-corrected chi connectivity index (χ4v) is 1.03. The number of amides is 2. The zero-order chi connectivity index (χ0) is 7.56. The van der Waals surface area contributed by atoms with Gasteiger partial charge in [0.05, 0.1) is 0 Å². The predicted octanol–water partition coefficient (Wildman–Crippen LogP) is 0.540. The molecule has 1 aliphatic rings. The maximum absolute atomic E-state index is 11.1. The van der Waals surface area contributed by atoms with Crippen molar-refractivity contribution in [2.45, 2.75) is 0 Å². The Morgan fingerprint density at radius 3 is 2.80 bits per heavy atom. The molecule has 2 amide bonds. The number of likely N-dealkylation sites (N-methyl/N-ethyl adjacent to an activating group) is 1. The number of carbonyl (C=O) groups is 1. The third kappa shape index (κ3) is 1.12. The van der Waals surface area contributed by atoms with Crippen LogP contribution >= 0.6 is 0 Å². The van der Waals surface area contributed by atoms with Crippen molar-refractivity contribution in [3.05, 3.63) is 12.7 Å². The van der Waals surface area contributed by atoms with Crippen molar-refractivity contribution < 1.29 is 4.79 Å². The summed E-state index contributed by atoms with van der Waals surface area (Å²) < 4.78 is 0. The summed E-state index contributed by atoms with van der Waals surface area (Å²) in [7, 11) is 1.81. The Morgan fingerprint density at radius 1 is 1.70 bits per heavy atom. The van der Waals surface area contributed by atoms with Crippen LogP contribution in [0.15, 0.2) is 12.7 Å². The molecule has 0 atom stereocenters. The van der Waals surface area contributed by atoms with E-state index in [0.29, 0.717) is 6.54 Å². The van der Waals surface area contributed by atoms with Gasteiger partial charge in [-0.05, 0) is 0 Å². The SMILES string of the molecule is C=CCN1CCN(C)C1=O. The standard InChI is InChI=1S/C7H12N2O/c1-3-4-9-6-5-8(2)7(9)10/h3H,1,4-6H2,2H3. The number of hydrogen-bond donors (Lipinski definition) is 0. The van der Waals surface area contributed by atoms with Crippen LogP contribution in [0, 0.1) is 0 Å². The van der Waals surface area contributed by atoms with E-state index in [4.69, 9.17) is 0 Å². The van der Waals surface area contributed by atoms with Crippen molar-refractivity contribution in [3.63, 3.8) is 0 Å². The molecule has 0 aromatic carbocycles. The number of hydrogen-bond acceptors (Lipinski definition) is 1. The summed E-state index contributed by atoms with van der Waals surface area (Å²) in [4.78, 5) is 14.6. The lowest BCUT2D eigenvalue weighted by atomic mass is 10.5. The lowest BCUT2D eigenvalue weighted by Crippen LogP contribution is -2.29. The number of rotatable bonds is 2. The summed E-state index contributed by atoms with van der Waals surface area (Å²) in [5.74, 6) is 0. The van der Waals surface area contributed by atoms with E-state index in [1.807, 2.05) is 7.05 Å². The Morgan fingerprint density at radius 2 is 2.40 bits per heavy atom. The highest BCUT2D eigenvalue weighted by Crippen LogP contribution is 2.04. The third-order valence-electron chi connectivity index (χ3n) is 1.65. The second-order valence-corrected chi connectivity index (χ2v) is 2.44. The van der Waals surface area contributed by atoms with Crippen LogP contribution < -0.4 is 0 Å². The van der Waals surface area contributed by atoms with Gasteiger partial charge < -0.3 is 9.80 Å². The van der Waals surface area contributed by atoms with Gasteiger partial charge in [-0.15, -0.1) is 6.58 Å². The topological polar surface area (TPSA) is 23.6 Å². The summed E-state index contributed by atoms with van der Waals surface area (Å²) in [6, 6.07) is 0.111. The number of nitrogens with zero attached hydrogens (tertiary/aromatic N) is 2. The first-order chi connectivity index (χ1) is 4.75. The first-order valence-electron chi connectivity index (χ1n) is 3.36. The van der Waals surface area contributed by atoms with Gasteiger partial charge in [0.25, 0.3) is 0 Å². The van der Waals surface area contributed by atoms with Gasteiger partial charge in [0.2, 0.25) is 0 Å². The normalized spacial score (nSPS) is 18.3. The molecule has 1 rings (SSSR count). The molecule has 0 unspecified atom stereocenters. The summed E-state index contributed by atoms with van der Waals surface area (Å²) in [6.07, 6.45) is 1.75. The van der Waals surface area contributed by atoms with E-state index in [9.17, 15) is 4.79 Å². The van der Waals surface area contributed by atoms with Gasteiger partial charge in [-0.2, -0.15) is 0 Å². The van der Waals surface area contributed by atoms with Crippen molar-refractivity contribution in [1.82, 2.24) is 9.80 Å². The Labute approximate surface area is 60.9 Å². The van der Waals surface area contributed by atoms with Crippen LogP contribution in [0.4, 0.5) is 4.79 Å². The Kier molecular flexibility index (Phi) is 1.94. The molecule has 0 saturated carbocycles. The fourth-order valence-electron chi connectivity index (χ4n) is 1.03. The monoisotopic (exact) mass is 140 g/mol. The van der Waals surface area contributed by atoms with Crippen molar-refractivity contribution in [1.29, 1.82) is 0 Å². The highest BCUT2D eigenvalue weighted by molar-refractivity contribution is 5.76. The van der Waals surface area contributed by atoms with E-state index in [2.05, 4.69) is 6.58 Å². The van der Waals surface area contributed by atoms with E-state index in [-0.39, 0.29) is 6.03 Å². The quantitative estimate of drug-likeness (QED) is 0.513. The van der Waals surface area contributed by atoms with Gasteiger partial charge in [0.15, 0.2) is 0 Å². The number of urea groups is 1. The minimum atomic E-state index is 0.111. The Balaban J connectivity index is 2.48. The van der Waals surface area contributed by atoms with Gasteiger partial charge in [-0.3, -0.25) is 0 Å². The maximum Gasteiger partial charge on any atom is 0.320 e. The first-order valence-corrected chi connectivity index (χ1v) is 3.36. The molecule has 0 aromatic heterocycles. The molecule has 0 aliphatic carbocycles. The lowest BCUT2D eigenvalue weighted by Gasteiger charge is -2.12. The molecule has 1 saturated heterocycles.